The largest absolute Gasteiger partial charge is 0.466 e. The van der Waals surface area contributed by atoms with E-state index < -0.39 is 29.0 Å². The Kier molecular flexibility index (Phi) is 6.35. The highest BCUT2D eigenvalue weighted by Crippen LogP contribution is 2.71. The summed E-state index contributed by atoms with van der Waals surface area (Å²) >= 11 is 0. The SMILES string of the molecule is CCOC(=O)CCC[C@]1(C(=O)CO)CC[C@H]2[C@@H]3CCC4=CC(=O)C5=C(OCO5)[C@]4(C)[C@H]3[C@@H](O)C[C@@]21C. The molecular formula is C28H38O8. The van der Waals surface area contributed by atoms with Crippen molar-refractivity contribution in [1.82, 2.24) is 0 Å². The Balaban J connectivity index is 1.48. The van der Waals surface area contributed by atoms with Gasteiger partial charge in [-0.05, 0) is 82.1 Å². The number of Topliss-reactive ketones (excluding diaryl/α,β-unsaturated/α-hetero) is 1. The summed E-state index contributed by atoms with van der Waals surface area (Å²) in [4.78, 5) is 38.0. The molecule has 5 aliphatic rings. The first kappa shape index (κ1) is 25.5. The Morgan fingerprint density at radius 2 is 2.00 bits per heavy atom. The summed E-state index contributed by atoms with van der Waals surface area (Å²) in [5.74, 6) is 0.322. The molecule has 5 rings (SSSR count). The number of aliphatic hydroxyl groups is 2. The van der Waals surface area contributed by atoms with Gasteiger partial charge in [0.2, 0.25) is 18.3 Å². The second-order valence-corrected chi connectivity index (χ2v) is 11.7. The second-order valence-electron chi connectivity index (χ2n) is 11.7. The quantitative estimate of drug-likeness (QED) is 0.510. The molecule has 0 spiro atoms. The van der Waals surface area contributed by atoms with Crippen molar-refractivity contribution in [3.8, 4) is 0 Å². The number of carbonyl (C=O) groups is 3. The Hall–Kier alpha value is -2.19. The molecule has 8 nitrogen and oxygen atoms in total. The van der Waals surface area contributed by atoms with Crippen molar-refractivity contribution >= 4 is 17.5 Å². The van der Waals surface area contributed by atoms with Gasteiger partial charge in [-0.2, -0.15) is 0 Å². The van der Waals surface area contributed by atoms with Crippen molar-refractivity contribution in [2.75, 3.05) is 20.0 Å². The molecular weight excluding hydrogens is 464 g/mol. The molecule has 0 radical (unpaired) electrons. The lowest BCUT2D eigenvalue weighted by Gasteiger charge is -2.60. The van der Waals surface area contributed by atoms with Gasteiger partial charge < -0.3 is 24.4 Å². The lowest BCUT2D eigenvalue weighted by Crippen LogP contribution is -2.60. The maximum absolute atomic E-state index is 13.4. The van der Waals surface area contributed by atoms with Gasteiger partial charge in [0.15, 0.2) is 11.5 Å². The minimum absolute atomic E-state index is 0.0102. The summed E-state index contributed by atoms with van der Waals surface area (Å²) in [6.07, 6.45) is 5.63. The molecule has 8 heteroatoms. The molecule has 3 saturated carbocycles. The van der Waals surface area contributed by atoms with E-state index in [9.17, 15) is 24.6 Å². The Labute approximate surface area is 212 Å². The number of allylic oxidation sites excluding steroid dienone is 2. The fraction of sp³-hybridized carbons (Fsp3) is 0.750. The third-order valence-corrected chi connectivity index (χ3v) is 10.5. The number of hydrogen-bond acceptors (Lipinski definition) is 8. The molecule has 0 aromatic rings. The van der Waals surface area contributed by atoms with E-state index in [0.29, 0.717) is 38.0 Å². The number of fused-ring (bicyclic) bond motifs is 6. The van der Waals surface area contributed by atoms with Crippen molar-refractivity contribution in [3.63, 3.8) is 0 Å². The topological polar surface area (TPSA) is 119 Å². The average Bonchev–Trinajstić information content (AvgIpc) is 3.44. The summed E-state index contributed by atoms with van der Waals surface area (Å²) in [6.45, 7) is 5.74. The smallest absolute Gasteiger partial charge is 0.305 e. The van der Waals surface area contributed by atoms with E-state index in [2.05, 4.69) is 13.8 Å². The predicted octanol–water partition coefficient (Wildman–Crippen LogP) is 3.21. The van der Waals surface area contributed by atoms with Crippen LogP contribution in [0.2, 0.25) is 0 Å². The van der Waals surface area contributed by atoms with Crippen molar-refractivity contribution in [1.29, 1.82) is 0 Å². The van der Waals surface area contributed by atoms with Crippen molar-refractivity contribution < 1.29 is 38.8 Å². The summed E-state index contributed by atoms with van der Waals surface area (Å²) in [5, 5.41) is 21.8. The molecule has 36 heavy (non-hydrogen) atoms. The van der Waals surface area contributed by atoms with Gasteiger partial charge in [-0.15, -0.1) is 0 Å². The van der Waals surface area contributed by atoms with Crippen LogP contribution in [0.3, 0.4) is 0 Å². The number of hydrogen-bond donors (Lipinski definition) is 2. The number of ether oxygens (including phenoxy) is 3. The molecule has 4 aliphatic carbocycles. The van der Waals surface area contributed by atoms with Crippen LogP contribution < -0.4 is 0 Å². The van der Waals surface area contributed by atoms with Gasteiger partial charge >= 0.3 is 5.97 Å². The fourth-order valence-electron chi connectivity index (χ4n) is 9.00. The van der Waals surface area contributed by atoms with Crippen LogP contribution in [0.1, 0.15) is 72.1 Å². The molecule has 0 amide bonds. The average molecular weight is 503 g/mol. The van der Waals surface area contributed by atoms with Crippen molar-refractivity contribution in [3.05, 3.63) is 23.2 Å². The summed E-state index contributed by atoms with van der Waals surface area (Å²) < 4.78 is 16.5. The highest BCUT2D eigenvalue weighted by molar-refractivity contribution is 6.05. The van der Waals surface area contributed by atoms with Crippen LogP contribution in [-0.2, 0) is 28.6 Å². The van der Waals surface area contributed by atoms with Crippen LogP contribution in [0.25, 0.3) is 0 Å². The zero-order chi connectivity index (χ0) is 25.9. The molecule has 0 aromatic heterocycles. The lowest BCUT2D eigenvalue weighted by molar-refractivity contribution is -0.163. The zero-order valence-electron chi connectivity index (χ0n) is 21.5. The van der Waals surface area contributed by atoms with Gasteiger partial charge in [0.1, 0.15) is 6.61 Å². The molecule has 7 atom stereocenters. The first-order chi connectivity index (χ1) is 17.1. The van der Waals surface area contributed by atoms with Crippen molar-refractivity contribution in [2.24, 2.45) is 34.0 Å². The molecule has 0 bridgehead atoms. The highest BCUT2D eigenvalue weighted by Gasteiger charge is 2.69. The number of rotatable bonds is 7. The standard InChI is InChI=1S/C28H38O8/c1-4-34-22(33)6-5-10-28(21(32)14-29)11-9-18-17-8-7-16-12-19(30)24-25(36-15-35-24)27(16,3)23(17)20(31)13-26(18,28)2/h12,17-18,20,23,29,31H,4-11,13-15H2,1-3H3/t17-,18-,20-,23+,26-,27-,28+/m0/s1. The van der Waals surface area contributed by atoms with E-state index in [-0.39, 0.29) is 54.3 Å². The normalized spacial score (nSPS) is 40.8. The Morgan fingerprint density at radius 1 is 1.22 bits per heavy atom. The first-order valence-electron chi connectivity index (χ1n) is 13.4. The molecule has 3 fully saturated rings. The molecule has 2 N–H and O–H groups in total. The predicted molar refractivity (Wildman–Crippen MR) is 128 cm³/mol. The van der Waals surface area contributed by atoms with Gasteiger partial charge in [0, 0.05) is 17.8 Å². The maximum Gasteiger partial charge on any atom is 0.305 e. The van der Waals surface area contributed by atoms with E-state index in [4.69, 9.17) is 14.2 Å². The van der Waals surface area contributed by atoms with Gasteiger partial charge in [-0.25, -0.2) is 0 Å². The minimum Gasteiger partial charge on any atom is -0.466 e. The molecule has 0 saturated heterocycles. The van der Waals surface area contributed by atoms with Gasteiger partial charge in [0.05, 0.1) is 18.1 Å². The zero-order valence-corrected chi connectivity index (χ0v) is 21.5. The summed E-state index contributed by atoms with van der Waals surface area (Å²) in [5.41, 5.74) is -0.929. The van der Waals surface area contributed by atoms with Crippen LogP contribution in [0.15, 0.2) is 23.2 Å². The summed E-state index contributed by atoms with van der Waals surface area (Å²) in [7, 11) is 0. The number of carbonyl (C=O) groups excluding carboxylic acids is 3. The summed E-state index contributed by atoms with van der Waals surface area (Å²) in [6, 6.07) is 0. The van der Waals surface area contributed by atoms with Crippen LogP contribution in [-0.4, -0.2) is 53.9 Å². The number of aliphatic hydroxyl groups excluding tert-OH is 2. The number of esters is 1. The lowest BCUT2D eigenvalue weighted by atomic mass is 9.44. The molecule has 1 aliphatic heterocycles. The van der Waals surface area contributed by atoms with Crippen LogP contribution in [0, 0.1) is 34.0 Å². The van der Waals surface area contributed by atoms with Gasteiger partial charge in [-0.1, -0.05) is 12.5 Å². The molecule has 0 aromatic carbocycles. The first-order valence-corrected chi connectivity index (χ1v) is 13.4. The maximum atomic E-state index is 13.4. The van der Waals surface area contributed by atoms with E-state index in [1.807, 2.05) is 0 Å². The van der Waals surface area contributed by atoms with E-state index in [1.54, 1.807) is 13.0 Å². The number of ketones is 2. The van der Waals surface area contributed by atoms with E-state index in [0.717, 1.165) is 24.8 Å². The molecule has 1 heterocycles. The third kappa shape index (κ3) is 3.36. The van der Waals surface area contributed by atoms with Gasteiger partial charge in [0.25, 0.3) is 0 Å². The van der Waals surface area contributed by atoms with Crippen LogP contribution in [0.5, 0.6) is 0 Å². The molecule has 0 unspecified atom stereocenters. The fourth-order valence-corrected chi connectivity index (χ4v) is 9.00. The monoisotopic (exact) mass is 502 g/mol. The van der Waals surface area contributed by atoms with E-state index in [1.165, 1.54) is 0 Å². The Bertz CT molecular complexity index is 1030. The van der Waals surface area contributed by atoms with Crippen LogP contribution in [0.4, 0.5) is 0 Å². The Morgan fingerprint density at radius 3 is 2.72 bits per heavy atom. The second kappa shape index (κ2) is 8.98. The van der Waals surface area contributed by atoms with Crippen LogP contribution >= 0.6 is 0 Å². The molecule has 198 valence electrons. The van der Waals surface area contributed by atoms with E-state index >= 15 is 0 Å². The third-order valence-electron chi connectivity index (χ3n) is 10.5. The van der Waals surface area contributed by atoms with Crippen molar-refractivity contribution in [2.45, 2.75) is 78.2 Å². The van der Waals surface area contributed by atoms with Gasteiger partial charge in [-0.3, -0.25) is 14.4 Å². The minimum atomic E-state index is -0.790. The highest BCUT2D eigenvalue weighted by atomic mass is 16.7.